The number of hydrogen-bond acceptors (Lipinski definition) is 6. The summed E-state index contributed by atoms with van der Waals surface area (Å²) in [4.78, 5) is 13.1. The van der Waals surface area contributed by atoms with Gasteiger partial charge < -0.3 is 10.1 Å². The number of fused-ring (bicyclic) bond motifs is 1. The molecule has 1 aliphatic heterocycles. The highest BCUT2D eigenvalue weighted by molar-refractivity contribution is 7.89. The van der Waals surface area contributed by atoms with Crippen LogP contribution in [0, 0.1) is 0 Å². The SMILES string of the molecule is COc1ccc(-n2nc3c(c2NC(=O)c2ccc(S(=O)(=O)N(C)C)cc2)C[S@@](=O)C3)cc1. The number of carbonyl (C=O) groups is 1. The number of methoxy groups -OCH3 is 1. The van der Waals surface area contributed by atoms with Crippen LogP contribution in [0.3, 0.4) is 0 Å². The number of hydrogen-bond donors (Lipinski definition) is 1. The van der Waals surface area contributed by atoms with E-state index in [-0.39, 0.29) is 10.5 Å². The number of anilines is 1. The number of rotatable bonds is 6. The van der Waals surface area contributed by atoms with Gasteiger partial charge in [-0.05, 0) is 48.5 Å². The van der Waals surface area contributed by atoms with E-state index in [2.05, 4.69) is 10.4 Å². The number of aromatic nitrogens is 2. The van der Waals surface area contributed by atoms with E-state index >= 15 is 0 Å². The Kier molecular flexibility index (Phi) is 5.89. The molecule has 0 radical (unpaired) electrons. The minimum Gasteiger partial charge on any atom is -0.497 e. The molecule has 2 heterocycles. The molecular weight excluding hydrogens is 452 g/mol. The van der Waals surface area contributed by atoms with Crippen LogP contribution in [0.2, 0.25) is 0 Å². The van der Waals surface area contributed by atoms with Crippen LogP contribution in [0.1, 0.15) is 21.6 Å². The quantitative estimate of drug-likeness (QED) is 0.586. The highest BCUT2D eigenvalue weighted by Gasteiger charge is 2.28. The van der Waals surface area contributed by atoms with Gasteiger partial charge in [-0.1, -0.05) is 0 Å². The Morgan fingerprint density at radius 3 is 2.34 bits per heavy atom. The first-order valence-electron chi connectivity index (χ1n) is 9.65. The maximum absolute atomic E-state index is 13.0. The molecule has 2 aromatic carbocycles. The average molecular weight is 475 g/mol. The zero-order chi connectivity index (χ0) is 23.0. The summed E-state index contributed by atoms with van der Waals surface area (Å²) in [7, 11) is -0.185. The summed E-state index contributed by atoms with van der Waals surface area (Å²) in [6, 6.07) is 12.9. The number of carbonyl (C=O) groups excluding carboxylic acids is 1. The highest BCUT2D eigenvalue weighted by atomic mass is 32.2. The maximum Gasteiger partial charge on any atom is 0.256 e. The summed E-state index contributed by atoms with van der Waals surface area (Å²) in [6.07, 6.45) is 0. The molecule has 168 valence electrons. The Balaban J connectivity index is 1.66. The Morgan fingerprint density at radius 1 is 1.09 bits per heavy atom. The average Bonchev–Trinajstić information content (AvgIpc) is 3.30. The van der Waals surface area contributed by atoms with Crippen molar-refractivity contribution in [1.82, 2.24) is 14.1 Å². The Morgan fingerprint density at radius 2 is 1.75 bits per heavy atom. The van der Waals surface area contributed by atoms with Gasteiger partial charge in [0, 0.05) is 36.0 Å². The smallest absolute Gasteiger partial charge is 0.256 e. The standard InChI is InChI=1S/C21H22N4O5S2/c1-24(2)32(28,29)17-10-4-14(5-11-17)21(26)22-20-18-12-31(27)13-19(18)23-25(20)15-6-8-16(30-3)9-7-15/h4-11H,12-13H2,1-3H3,(H,22,26)/t31-/m1/s1. The molecule has 0 bridgehead atoms. The highest BCUT2D eigenvalue weighted by Crippen LogP contribution is 2.32. The van der Waals surface area contributed by atoms with Gasteiger partial charge in [0.05, 0.1) is 34.9 Å². The second-order valence-corrected chi connectivity index (χ2v) is 11.0. The van der Waals surface area contributed by atoms with Crippen LogP contribution in [0.25, 0.3) is 5.69 Å². The minimum absolute atomic E-state index is 0.0959. The fourth-order valence-electron chi connectivity index (χ4n) is 3.34. The first-order chi connectivity index (χ1) is 15.2. The fourth-order valence-corrected chi connectivity index (χ4v) is 5.50. The second-order valence-electron chi connectivity index (χ2n) is 7.38. The number of benzene rings is 2. The molecule has 1 N–H and O–H groups in total. The lowest BCUT2D eigenvalue weighted by molar-refractivity contribution is 0.102. The van der Waals surface area contributed by atoms with E-state index < -0.39 is 26.7 Å². The van der Waals surface area contributed by atoms with Crippen LogP contribution >= 0.6 is 0 Å². The van der Waals surface area contributed by atoms with Crippen molar-refractivity contribution in [3.05, 3.63) is 65.4 Å². The third kappa shape index (κ3) is 4.06. The van der Waals surface area contributed by atoms with Crippen LogP contribution in [0.4, 0.5) is 5.82 Å². The van der Waals surface area contributed by atoms with Crippen LogP contribution < -0.4 is 10.1 Å². The molecule has 0 unspecified atom stereocenters. The van der Waals surface area contributed by atoms with Gasteiger partial charge in [-0.15, -0.1) is 0 Å². The third-order valence-corrected chi connectivity index (χ3v) is 8.15. The molecule has 1 aromatic heterocycles. The molecule has 9 nitrogen and oxygen atoms in total. The normalized spacial score (nSPS) is 15.6. The van der Waals surface area contributed by atoms with Gasteiger partial charge in [0.1, 0.15) is 11.6 Å². The molecule has 0 spiro atoms. The lowest BCUT2D eigenvalue weighted by Gasteiger charge is -2.13. The van der Waals surface area contributed by atoms with Gasteiger partial charge in [0.25, 0.3) is 5.91 Å². The van der Waals surface area contributed by atoms with E-state index in [0.717, 1.165) is 9.87 Å². The number of amides is 1. The van der Waals surface area contributed by atoms with Crippen LogP contribution in [-0.4, -0.2) is 53.8 Å². The molecule has 32 heavy (non-hydrogen) atoms. The number of ether oxygens (including phenoxy) is 1. The summed E-state index contributed by atoms with van der Waals surface area (Å²) < 4.78 is 44.5. The predicted molar refractivity (Wildman–Crippen MR) is 121 cm³/mol. The number of sulfonamides is 1. The predicted octanol–water partition coefficient (Wildman–Crippen LogP) is 2.15. The summed E-state index contributed by atoms with van der Waals surface area (Å²) in [5.74, 6) is 1.35. The molecule has 1 atom stereocenters. The van der Waals surface area contributed by atoms with E-state index in [1.54, 1.807) is 23.9 Å². The van der Waals surface area contributed by atoms with E-state index in [4.69, 9.17) is 4.74 Å². The van der Waals surface area contributed by atoms with Crippen LogP contribution in [0.15, 0.2) is 53.4 Å². The van der Waals surface area contributed by atoms with Crippen molar-refractivity contribution in [3.63, 3.8) is 0 Å². The van der Waals surface area contributed by atoms with Gasteiger partial charge in [-0.25, -0.2) is 17.4 Å². The molecule has 0 fully saturated rings. The Labute approximate surface area is 188 Å². The molecule has 0 saturated heterocycles. The molecule has 1 aliphatic rings. The molecular formula is C21H22N4O5S2. The third-order valence-electron chi connectivity index (χ3n) is 5.11. The Hall–Kier alpha value is -3.02. The minimum atomic E-state index is -3.59. The lowest BCUT2D eigenvalue weighted by Crippen LogP contribution is -2.22. The fraction of sp³-hybridized carbons (Fsp3) is 0.238. The molecule has 0 aliphatic carbocycles. The van der Waals surface area contributed by atoms with Gasteiger partial charge in [-0.3, -0.25) is 9.00 Å². The zero-order valence-corrected chi connectivity index (χ0v) is 19.4. The topological polar surface area (TPSA) is 111 Å². The molecule has 1 amide bonds. The first-order valence-corrected chi connectivity index (χ1v) is 12.6. The van der Waals surface area contributed by atoms with Gasteiger partial charge in [0.15, 0.2) is 0 Å². The maximum atomic E-state index is 13.0. The van der Waals surface area contributed by atoms with Gasteiger partial charge in [-0.2, -0.15) is 5.10 Å². The van der Waals surface area contributed by atoms with Crippen molar-refractivity contribution < 1.29 is 22.2 Å². The molecule has 0 saturated carbocycles. The van der Waals surface area contributed by atoms with E-state index in [1.165, 1.54) is 38.4 Å². The summed E-state index contributed by atoms with van der Waals surface area (Å²) in [6.45, 7) is 0. The monoisotopic (exact) mass is 474 g/mol. The number of nitrogens with zero attached hydrogens (tertiary/aromatic N) is 3. The largest absolute Gasteiger partial charge is 0.497 e. The zero-order valence-electron chi connectivity index (χ0n) is 17.7. The van der Waals surface area contributed by atoms with Crippen molar-refractivity contribution >= 4 is 32.5 Å². The molecule has 3 aromatic rings. The van der Waals surface area contributed by atoms with Crippen molar-refractivity contribution in [3.8, 4) is 11.4 Å². The van der Waals surface area contributed by atoms with Crippen molar-refractivity contribution in [2.24, 2.45) is 0 Å². The summed E-state index contributed by atoms with van der Waals surface area (Å²) in [5, 5.41) is 7.43. The lowest BCUT2D eigenvalue weighted by atomic mass is 10.2. The van der Waals surface area contributed by atoms with Gasteiger partial charge >= 0.3 is 0 Å². The van der Waals surface area contributed by atoms with Gasteiger partial charge in [0.2, 0.25) is 10.0 Å². The van der Waals surface area contributed by atoms with Crippen LogP contribution in [-0.2, 0) is 32.3 Å². The first kappa shape index (κ1) is 22.2. The Bertz CT molecular complexity index is 1300. The number of nitrogens with one attached hydrogen (secondary N) is 1. The summed E-state index contributed by atoms with van der Waals surface area (Å²) >= 11 is 0. The van der Waals surface area contributed by atoms with E-state index in [0.29, 0.717) is 34.5 Å². The second kappa shape index (κ2) is 8.49. The summed E-state index contributed by atoms with van der Waals surface area (Å²) in [5.41, 5.74) is 2.42. The van der Waals surface area contributed by atoms with Crippen molar-refractivity contribution in [1.29, 1.82) is 0 Å². The van der Waals surface area contributed by atoms with Crippen molar-refractivity contribution in [2.45, 2.75) is 16.4 Å². The van der Waals surface area contributed by atoms with E-state index in [9.17, 15) is 17.4 Å². The molecule has 11 heteroatoms. The molecule has 4 rings (SSSR count). The van der Waals surface area contributed by atoms with E-state index in [1.807, 2.05) is 12.1 Å². The van der Waals surface area contributed by atoms with Crippen LogP contribution in [0.5, 0.6) is 5.75 Å². The van der Waals surface area contributed by atoms with Crippen molar-refractivity contribution in [2.75, 3.05) is 26.5 Å².